The van der Waals surface area contributed by atoms with Crippen LogP contribution in [0.4, 0.5) is 0 Å². The first-order valence-electron chi connectivity index (χ1n) is 5.40. The number of hydrogen-bond acceptors (Lipinski definition) is 3. The van der Waals surface area contributed by atoms with Crippen LogP contribution in [0.3, 0.4) is 0 Å². The number of rotatable bonds is 4. The smallest absolute Gasteiger partial charge is 0.309 e. The van der Waals surface area contributed by atoms with Crippen molar-refractivity contribution in [2.24, 2.45) is 0 Å². The molecule has 6 heteroatoms. The quantitative estimate of drug-likeness (QED) is 0.917. The molecule has 0 aliphatic heterocycles. The maximum atomic E-state index is 10.5. The molecule has 0 saturated carbocycles. The molecule has 0 radical (unpaired) electrons. The number of nitrogens with zero attached hydrogens (tertiary/aromatic N) is 3. The molecule has 94 valence electrons. The van der Waals surface area contributed by atoms with E-state index < -0.39 is 5.97 Å². The van der Waals surface area contributed by atoms with E-state index in [1.54, 1.807) is 10.9 Å². The topological polar surface area (TPSA) is 68.0 Å². The van der Waals surface area contributed by atoms with Crippen LogP contribution < -0.4 is 0 Å². The second kappa shape index (κ2) is 5.18. The molecule has 1 aromatic heterocycles. The van der Waals surface area contributed by atoms with Gasteiger partial charge in [-0.2, -0.15) is 0 Å². The van der Waals surface area contributed by atoms with Crippen LogP contribution in [0.2, 0.25) is 5.02 Å². The maximum Gasteiger partial charge on any atom is 0.309 e. The zero-order valence-corrected chi connectivity index (χ0v) is 10.6. The molecule has 0 amide bonds. The third kappa shape index (κ3) is 3.07. The number of carboxylic acid groups (broad SMARTS) is 1. The van der Waals surface area contributed by atoms with E-state index in [2.05, 4.69) is 10.3 Å². The van der Waals surface area contributed by atoms with E-state index in [0.717, 1.165) is 11.1 Å². The highest BCUT2D eigenvalue weighted by atomic mass is 35.5. The van der Waals surface area contributed by atoms with E-state index in [9.17, 15) is 4.79 Å². The molecule has 0 saturated heterocycles. The number of benzene rings is 1. The summed E-state index contributed by atoms with van der Waals surface area (Å²) in [7, 11) is 0. The summed E-state index contributed by atoms with van der Waals surface area (Å²) < 4.78 is 1.58. The van der Waals surface area contributed by atoms with E-state index >= 15 is 0 Å². The molecule has 0 aliphatic carbocycles. The van der Waals surface area contributed by atoms with Gasteiger partial charge in [0.2, 0.25) is 0 Å². The summed E-state index contributed by atoms with van der Waals surface area (Å²) in [4.78, 5) is 10.5. The van der Waals surface area contributed by atoms with Crippen LogP contribution in [-0.2, 0) is 17.8 Å². The molecule has 0 unspecified atom stereocenters. The average Bonchev–Trinajstić information content (AvgIpc) is 2.69. The molecule has 2 aromatic rings. The molecule has 0 spiro atoms. The van der Waals surface area contributed by atoms with Crippen molar-refractivity contribution in [1.29, 1.82) is 0 Å². The van der Waals surface area contributed by atoms with Crippen molar-refractivity contribution in [3.05, 3.63) is 46.2 Å². The Morgan fingerprint density at radius 2 is 2.28 bits per heavy atom. The van der Waals surface area contributed by atoms with Crippen molar-refractivity contribution in [2.75, 3.05) is 0 Å². The van der Waals surface area contributed by atoms with Crippen LogP contribution in [-0.4, -0.2) is 26.1 Å². The highest BCUT2D eigenvalue weighted by Gasteiger charge is 2.07. The number of aryl methyl sites for hydroxylation is 1. The minimum atomic E-state index is -0.921. The monoisotopic (exact) mass is 265 g/mol. The molecule has 1 N–H and O–H groups in total. The van der Waals surface area contributed by atoms with E-state index in [4.69, 9.17) is 16.7 Å². The minimum Gasteiger partial charge on any atom is -0.481 e. The van der Waals surface area contributed by atoms with Gasteiger partial charge in [0, 0.05) is 11.2 Å². The van der Waals surface area contributed by atoms with Gasteiger partial charge in [0.25, 0.3) is 0 Å². The molecular formula is C12H12ClN3O2. The fraction of sp³-hybridized carbons (Fsp3) is 0.250. The average molecular weight is 266 g/mol. The zero-order valence-electron chi connectivity index (χ0n) is 9.80. The Morgan fingerprint density at radius 3 is 2.94 bits per heavy atom. The van der Waals surface area contributed by atoms with Gasteiger partial charge in [-0.15, -0.1) is 5.10 Å². The van der Waals surface area contributed by atoms with Crippen molar-refractivity contribution in [3.63, 3.8) is 0 Å². The normalized spacial score (nSPS) is 10.6. The van der Waals surface area contributed by atoms with Gasteiger partial charge in [-0.05, 0) is 24.1 Å². The third-order valence-corrected chi connectivity index (χ3v) is 2.81. The predicted molar refractivity (Wildman–Crippen MR) is 66.7 cm³/mol. The van der Waals surface area contributed by atoms with Crippen molar-refractivity contribution in [1.82, 2.24) is 15.0 Å². The zero-order chi connectivity index (χ0) is 13.1. The summed E-state index contributed by atoms with van der Waals surface area (Å²) in [6.07, 6.45) is 1.49. The molecule has 0 bridgehead atoms. The van der Waals surface area contributed by atoms with Crippen LogP contribution in [0.25, 0.3) is 0 Å². The van der Waals surface area contributed by atoms with E-state index in [1.807, 2.05) is 25.1 Å². The van der Waals surface area contributed by atoms with Crippen molar-refractivity contribution >= 4 is 17.6 Å². The highest BCUT2D eigenvalue weighted by Crippen LogP contribution is 2.18. The molecule has 0 aliphatic rings. The first-order valence-corrected chi connectivity index (χ1v) is 5.78. The second-order valence-corrected chi connectivity index (χ2v) is 4.48. The van der Waals surface area contributed by atoms with Crippen LogP contribution in [0.15, 0.2) is 24.4 Å². The Hall–Kier alpha value is -1.88. The molecule has 2 rings (SSSR count). The lowest BCUT2D eigenvalue weighted by Gasteiger charge is -2.04. The van der Waals surface area contributed by atoms with Crippen LogP contribution in [0.5, 0.6) is 0 Å². The van der Waals surface area contributed by atoms with Gasteiger partial charge in [0.05, 0.1) is 18.7 Å². The summed E-state index contributed by atoms with van der Waals surface area (Å²) in [5, 5.41) is 17.0. The summed E-state index contributed by atoms with van der Waals surface area (Å²) in [5.41, 5.74) is 2.45. The van der Waals surface area contributed by atoms with E-state index in [-0.39, 0.29) is 6.42 Å². The van der Waals surface area contributed by atoms with Gasteiger partial charge in [0.15, 0.2) is 0 Å². The fourth-order valence-electron chi connectivity index (χ4n) is 1.61. The maximum absolute atomic E-state index is 10.5. The Bertz CT molecular complexity index is 580. The number of carbonyl (C=O) groups is 1. The Kier molecular flexibility index (Phi) is 3.62. The van der Waals surface area contributed by atoms with Crippen LogP contribution >= 0.6 is 11.6 Å². The second-order valence-electron chi connectivity index (χ2n) is 4.07. The molecule has 18 heavy (non-hydrogen) atoms. The van der Waals surface area contributed by atoms with Crippen molar-refractivity contribution in [2.45, 2.75) is 19.9 Å². The van der Waals surface area contributed by atoms with Crippen molar-refractivity contribution in [3.8, 4) is 0 Å². The van der Waals surface area contributed by atoms with Crippen LogP contribution in [0, 0.1) is 6.92 Å². The predicted octanol–water partition coefficient (Wildman–Crippen LogP) is 1.92. The van der Waals surface area contributed by atoms with Crippen molar-refractivity contribution < 1.29 is 9.90 Å². The van der Waals surface area contributed by atoms with E-state index in [1.165, 1.54) is 0 Å². The molecule has 0 atom stereocenters. The highest BCUT2D eigenvalue weighted by molar-refractivity contribution is 6.31. The number of aromatic nitrogens is 3. The standard InChI is InChI=1S/C12H12ClN3O2/c1-8-2-3-9(11(13)4-8)6-16-7-10(14-15-16)5-12(17)18/h2-4,7H,5-6H2,1H3,(H,17,18). The van der Waals surface area contributed by atoms with E-state index in [0.29, 0.717) is 17.3 Å². The Labute approximate surface area is 109 Å². The van der Waals surface area contributed by atoms with Gasteiger partial charge < -0.3 is 5.11 Å². The first kappa shape index (κ1) is 12.6. The number of carboxylic acids is 1. The lowest BCUT2D eigenvalue weighted by Crippen LogP contribution is -2.01. The lowest BCUT2D eigenvalue weighted by atomic mass is 10.1. The Morgan fingerprint density at radius 1 is 1.50 bits per heavy atom. The summed E-state index contributed by atoms with van der Waals surface area (Å²) in [6, 6.07) is 5.78. The minimum absolute atomic E-state index is 0.123. The third-order valence-electron chi connectivity index (χ3n) is 2.46. The van der Waals surface area contributed by atoms with Gasteiger partial charge in [-0.3, -0.25) is 4.79 Å². The number of hydrogen-bond donors (Lipinski definition) is 1. The molecule has 0 fully saturated rings. The molecule has 5 nitrogen and oxygen atoms in total. The Balaban J connectivity index is 2.13. The summed E-state index contributed by atoms with van der Waals surface area (Å²) in [5.74, 6) is -0.921. The number of aliphatic carboxylic acids is 1. The molecular weight excluding hydrogens is 254 g/mol. The largest absolute Gasteiger partial charge is 0.481 e. The van der Waals surface area contributed by atoms with Gasteiger partial charge in [0.1, 0.15) is 0 Å². The summed E-state index contributed by atoms with van der Waals surface area (Å²) in [6.45, 7) is 2.45. The van der Waals surface area contributed by atoms with Gasteiger partial charge in [-0.25, -0.2) is 4.68 Å². The fourth-order valence-corrected chi connectivity index (χ4v) is 1.90. The molecule has 1 aromatic carbocycles. The molecule has 1 heterocycles. The first-order chi connectivity index (χ1) is 8.54. The van der Waals surface area contributed by atoms with Gasteiger partial charge in [-0.1, -0.05) is 28.9 Å². The number of halogens is 1. The SMILES string of the molecule is Cc1ccc(Cn2cc(CC(=O)O)nn2)c(Cl)c1. The van der Waals surface area contributed by atoms with Crippen LogP contribution in [0.1, 0.15) is 16.8 Å². The summed E-state index contributed by atoms with van der Waals surface area (Å²) >= 11 is 6.11. The van der Waals surface area contributed by atoms with Gasteiger partial charge >= 0.3 is 5.97 Å². The lowest BCUT2D eigenvalue weighted by molar-refractivity contribution is -0.136.